The van der Waals surface area contributed by atoms with Gasteiger partial charge in [-0.15, -0.1) is 0 Å². The van der Waals surface area contributed by atoms with Crippen molar-refractivity contribution >= 4 is 11.6 Å². The highest BCUT2D eigenvalue weighted by atomic mass is 16.6. The van der Waals surface area contributed by atoms with Crippen molar-refractivity contribution in [2.45, 2.75) is 25.4 Å². The van der Waals surface area contributed by atoms with Gasteiger partial charge in [-0.05, 0) is 31.0 Å². The molecule has 2 aliphatic rings. The van der Waals surface area contributed by atoms with E-state index in [1.165, 1.54) is 0 Å². The molecular formula is C14H19N3O3. The van der Waals surface area contributed by atoms with Gasteiger partial charge < -0.3 is 20.9 Å². The SMILES string of the molecule is NC(=O)C1CCCN1Cc1cc2c(cc1N)OCCO2. The summed E-state index contributed by atoms with van der Waals surface area (Å²) < 4.78 is 11.1. The van der Waals surface area contributed by atoms with E-state index in [1.807, 2.05) is 6.07 Å². The Morgan fingerprint density at radius 2 is 2.00 bits per heavy atom. The predicted molar refractivity (Wildman–Crippen MR) is 74.5 cm³/mol. The third kappa shape index (κ3) is 2.38. The van der Waals surface area contributed by atoms with Gasteiger partial charge in [0.1, 0.15) is 13.2 Å². The first kappa shape index (κ1) is 13.1. The summed E-state index contributed by atoms with van der Waals surface area (Å²) in [5, 5.41) is 0. The van der Waals surface area contributed by atoms with Crippen LogP contribution in [0.15, 0.2) is 12.1 Å². The summed E-state index contributed by atoms with van der Waals surface area (Å²) in [5.74, 6) is 1.14. The summed E-state index contributed by atoms with van der Waals surface area (Å²) in [6, 6.07) is 3.50. The van der Waals surface area contributed by atoms with Gasteiger partial charge in [0.15, 0.2) is 11.5 Å². The lowest BCUT2D eigenvalue weighted by Crippen LogP contribution is -2.39. The molecule has 0 bridgehead atoms. The Balaban J connectivity index is 1.82. The highest BCUT2D eigenvalue weighted by Gasteiger charge is 2.29. The number of benzene rings is 1. The monoisotopic (exact) mass is 277 g/mol. The van der Waals surface area contributed by atoms with Gasteiger partial charge in [-0.2, -0.15) is 0 Å². The number of carbonyl (C=O) groups excluding carboxylic acids is 1. The van der Waals surface area contributed by atoms with Crippen LogP contribution in [-0.4, -0.2) is 36.6 Å². The van der Waals surface area contributed by atoms with Crippen molar-refractivity contribution in [1.29, 1.82) is 0 Å². The molecule has 1 unspecified atom stereocenters. The average molecular weight is 277 g/mol. The molecule has 2 heterocycles. The molecule has 0 spiro atoms. The van der Waals surface area contributed by atoms with Gasteiger partial charge in [0.05, 0.1) is 6.04 Å². The minimum absolute atomic E-state index is 0.192. The first-order valence-electron chi connectivity index (χ1n) is 6.86. The van der Waals surface area contributed by atoms with Crippen LogP contribution in [0.1, 0.15) is 18.4 Å². The highest BCUT2D eigenvalue weighted by molar-refractivity contribution is 5.80. The van der Waals surface area contributed by atoms with Gasteiger partial charge in [-0.3, -0.25) is 9.69 Å². The molecule has 1 aromatic rings. The number of carbonyl (C=O) groups is 1. The van der Waals surface area contributed by atoms with Gasteiger partial charge in [0.25, 0.3) is 0 Å². The van der Waals surface area contributed by atoms with E-state index in [9.17, 15) is 4.79 Å². The number of primary amides is 1. The number of anilines is 1. The number of hydrogen-bond acceptors (Lipinski definition) is 5. The molecule has 6 nitrogen and oxygen atoms in total. The van der Waals surface area contributed by atoms with Crippen molar-refractivity contribution in [1.82, 2.24) is 4.90 Å². The zero-order valence-corrected chi connectivity index (χ0v) is 11.3. The normalized spacial score (nSPS) is 21.9. The Hall–Kier alpha value is -1.95. The summed E-state index contributed by atoms with van der Waals surface area (Å²) in [6.45, 7) is 2.56. The molecule has 0 saturated carbocycles. The number of nitrogens with zero attached hydrogens (tertiary/aromatic N) is 1. The van der Waals surface area contributed by atoms with Crippen LogP contribution in [0.3, 0.4) is 0 Å². The van der Waals surface area contributed by atoms with Crippen LogP contribution >= 0.6 is 0 Å². The number of ether oxygens (including phenoxy) is 2. The second-order valence-electron chi connectivity index (χ2n) is 5.23. The Morgan fingerprint density at radius 1 is 1.30 bits per heavy atom. The maximum absolute atomic E-state index is 11.4. The molecule has 2 aliphatic heterocycles. The van der Waals surface area contributed by atoms with E-state index >= 15 is 0 Å². The second-order valence-corrected chi connectivity index (χ2v) is 5.23. The van der Waals surface area contributed by atoms with Gasteiger partial charge in [0, 0.05) is 18.3 Å². The number of hydrogen-bond donors (Lipinski definition) is 2. The van der Waals surface area contributed by atoms with E-state index in [0.717, 1.165) is 30.7 Å². The van der Waals surface area contributed by atoms with Crippen molar-refractivity contribution in [3.63, 3.8) is 0 Å². The van der Waals surface area contributed by atoms with Gasteiger partial charge in [-0.1, -0.05) is 0 Å². The maximum atomic E-state index is 11.4. The number of amides is 1. The summed E-state index contributed by atoms with van der Waals surface area (Å²) >= 11 is 0. The highest BCUT2D eigenvalue weighted by Crippen LogP contribution is 2.35. The molecule has 0 aliphatic carbocycles. The van der Waals surface area contributed by atoms with Gasteiger partial charge in [-0.25, -0.2) is 0 Å². The molecule has 0 radical (unpaired) electrons. The molecule has 0 aromatic heterocycles. The van der Waals surface area contributed by atoms with E-state index in [2.05, 4.69) is 4.90 Å². The fraction of sp³-hybridized carbons (Fsp3) is 0.500. The topological polar surface area (TPSA) is 90.8 Å². The molecule has 6 heteroatoms. The second kappa shape index (κ2) is 5.20. The Kier molecular flexibility index (Phi) is 3.40. The average Bonchev–Trinajstić information content (AvgIpc) is 2.88. The Bertz CT molecular complexity index is 533. The Morgan fingerprint density at radius 3 is 2.70 bits per heavy atom. The summed E-state index contributed by atoms with van der Waals surface area (Å²) in [4.78, 5) is 13.5. The quantitative estimate of drug-likeness (QED) is 0.785. The molecule has 108 valence electrons. The lowest BCUT2D eigenvalue weighted by atomic mass is 10.1. The van der Waals surface area contributed by atoms with Crippen molar-refractivity contribution < 1.29 is 14.3 Å². The van der Waals surface area contributed by atoms with Crippen molar-refractivity contribution in [2.75, 3.05) is 25.5 Å². The van der Waals surface area contributed by atoms with E-state index in [-0.39, 0.29) is 11.9 Å². The summed E-state index contributed by atoms with van der Waals surface area (Å²) in [5.41, 5.74) is 13.1. The third-order valence-electron chi connectivity index (χ3n) is 3.87. The van der Waals surface area contributed by atoms with Crippen LogP contribution in [0.2, 0.25) is 0 Å². The molecule has 3 rings (SSSR count). The van der Waals surface area contributed by atoms with Crippen LogP contribution in [0.25, 0.3) is 0 Å². The zero-order chi connectivity index (χ0) is 14.1. The van der Waals surface area contributed by atoms with E-state index < -0.39 is 0 Å². The van der Waals surface area contributed by atoms with E-state index in [0.29, 0.717) is 31.2 Å². The summed E-state index contributed by atoms with van der Waals surface area (Å²) in [7, 11) is 0. The van der Waals surface area contributed by atoms with E-state index in [1.54, 1.807) is 6.07 Å². The molecule has 1 atom stereocenters. The lowest BCUT2D eigenvalue weighted by molar-refractivity contribution is -0.122. The first-order valence-corrected chi connectivity index (χ1v) is 6.86. The first-order chi connectivity index (χ1) is 9.65. The Labute approximate surface area is 117 Å². The number of nitrogen functional groups attached to an aromatic ring is 1. The van der Waals surface area contributed by atoms with Crippen molar-refractivity contribution in [3.05, 3.63) is 17.7 Å². The molecule has 1 aromatic carbocycles. The van der Waals surface area contributed by atoms with Gasteiger partial charge in [0.2, 0.25) is 5.91 Å². The molecule has 4 N–H and O–H groups in total. The van der Waals surface area contributed by atoms with E-state index in [4.69, 9.17) is 20.9 Å². The maximum Gasteiger partial charge on any atom is 0.234 e. The molecule has 1 saturated heterocycles. The molecule has 1 amide bonds. The van der Waals surface area contributed by atoms with Crippen LogP contribution in [-0.2, 0) is 11.3 Å². The number of rotatable bonds is 3. The predicted octanol–water partition coefficient (Wildman–Crippen LogP) is 0.490. The van der Waals surface area contributed by atoms with Crippen molar-refractivity contribution in [3.8, 4) is 11.5 Å². The minimum atomic E-state index is -0.265. The largest absolute Gasteiger partial charge is 0.486 e. The lowest BCUT2D eigenvalue weighted by Gasteiger charge is -2.24. The molecule has 20 heavy (non-hydrogen) atoms. The van der Waals surface area contributed by atoms with Crippen LogP contribution in [0.5, 0.6) is 11.5 Å². The minimum Gasteiger partial charge on any atom is -0.486 e. The number of fused-ring (bicyclic) bond motifs is 1. The summed E-state index contributed by atoms with van der Waals surface area (Å²) in [6.07, 6.45) is 1.80. The van der Waals surface area contributed by atoms with Crippen molar-refractivity contribution in [2.24, 2.45) is 5.73 Å². The van der Waals surface area contributed by atoms with Crippen LogP contribution in [0.4, 0.5) is 5.69 Å². The fourth-order valence-electron chi connectivity index (χ4n) is 2.84. The third-order valence-corrected chi connectivity index (χ3v) is 3.87. The van der Waals surface area contributed by atoms with Crippen LogP contribution < -0.4 is 20.9 Å². The number of likely N-dealkylation sites (tertiary alicyclic amines) is 1. The zero-order valence-electron chi connectivity index (χ0n) is 11.3. The van der Waals surface area contributed by atoms with Crippen LogP contribution in [0, 0.1) is 0 Å². The number of nitrogens with two attached hydrogens (primary N) is 2. The smallest absolute Gasteiger partial charge is 0.234 e. The standard InChI is InChI=1S/C14H19N3O3/c15-10-7-13-12(19-4-5-20-13)6-9(10)8-17-3-1-2-11(17)14(16)18/h6-7,11H,1-5,8,15H2,(H2,16,18). The molecular weight excluding hydrogens is 258 g/mol. The molecule has 1 fully saturated rings. The fourth-order valence-corrected chi connectivity index (χ4v) is 2.84. The van der Waals surface area contributed by atoms with Gasteiger partial charge >= 0.3 is 0 Å².